The van der Waals surface area contributed by atoms with Crippen LogP contribution >= 0.6 is 28.6 Å². The molecule has 0 aliphatic rings. The van der Waals surface area contributed by atoms with E-state index in [-0.39, 0.29) is 23.3 Å². The lowest BCUT2D eigenvalue weighted by molar-refractivity contribution is -0.144. The first-order valence-electron chi connectivity index (χ1n) is 7.85. The molecule has 2 atom stereocenters. The lowest BCUT2D eigenvalue weighted by atomic mass is 9.98. The van der Waals surface area contributed by atoms with Crippen LogP contribution in [0.4, 0.5) is 5.69 Å². The van der Waals surface area contributed by atoms with Gasteiger partial charge in [0.15, 0.2) is 5.78 Å². The normalized spacial score (nSPS) is 12.6. The molecular formula is C17H21BrN2O5S. The van der Waals surface area contributed by atoms with Gasteiger partial charge in [0.1, 0.15) is 11.7 Å². The number of alkyl halides is 1. The third kappa shape index (κ3) is 7.17. The summed E-state index contributed by atoms with van der Waals surface area (Å²) in [5.74, 6) is -2.68. The van der Waals surface area contributed by atoms with Gasteiger partial charge < -0.3 is 15.4 Å². The van der Waals surface area contributed by atoms with Crippen LogP contribution in [-0.4, -0.2) is 40.7 Å². The molecule has 0 aliphatic heterocycles. The van der Waals surface area contributed by atoms with Crippen LogP contribution in [0.5, 0.6) is 5.75 Å². The molecule has 0 spiro atoms. The highest BCUT2D eigenvalue weighted by Gasteiger charge is 2.33. The van der Waals surface area contributed by atoms with Gasteiger partial charge in [-0.1, -0.05) is 15.9 Å². The Morgan fingerprint density at radius 3 is 2.19 bits per heavy atom. The van der Waals surface area contributed by atoms with Crippen molar-refractivity contribution >= 4 is 57.8 Å². The van der Waals surface area contributed by atoms with Crippen LogP contribution in [0.25, 0.3) is 0 Å². The molecule has 0 aromatic heterocycles. The summed E-state index contributed by atoms with van der Waals surface area (Å²) in [6.45, 7) is 2.69. The van der Waals surface area contributed by atoms with E-state index in [4.69, 9.17) is 4.74 Å². The first-order valence-corrected chi connectivity index (χ1v) is 9.60. The smallest absolute Gasteiger partial charge is 0.322 e. The zero-order valence-electron chi connectivity index (χ0n) is 14.5. The predicted molar refractivity (Wildman–Crippen MR) is 105 cm³/mol. The quantitative estimate of drug-likeness (QED) is 0.177. The zero-order valence-corrected chi connectivity index (χ0v) is 16.9. The molecule has 7 nitrogen and oxygen atoms in total. The lowest BCUT2D eigenvalue weighted by Gasteiger charge is -2.20. The summed E-state index contributed by atoms with van der Waals surface area (Å²) in [6, 6.07) is 5.37. The molecule has 0 fully saturated rings. The highest BCUT2D eigenvalue weighted by molar-refractivity contribution is 9.09. The topological polar surface area (TPSA) is 102 Å². The Bertz CT molecular complexity index is 666. The number of ketones is 1. The minimum Gasteiger partial charge on any atom is -0.426 e. The van der Waals surface area contributed by atoms with Crippen molar-refractivity contribution in [1.29, 1.82) is 0 Å². The highest BCUT2D eigenvalue weighted by atomic mass is 79.9. The number of amides is 2. The number of anilines is 1. The summed E-state index contributed by atoms with van der Waals surface area (Å²) < 4.78 is 5.24. The molecule has 0 aliphatic carbocycles. The van der Waals surface area contributed by atoms with Crippen LogP contribution in [-0.2, 0) is 19.2 Å². The molecule has 2 amide bonds. The Morgan fingerprint density at radius 2 is 1.73 bits per heavy atom. The summed E-state index contributed by atoms with van der Waals surface area (Å²) in [6.07, 6.45) is 0.349. The fourth-order valence-corrected chi connectivity index (χ4v) is 2.95. The molecule has 0 heterocycles. The second kappa shape index (κ2) is 11.0. The van der Waals surface area contributed by atoms with Crippen molar-refractivity contribution in [3.05, 3.63) is 24.3 Å². The summed E-state index contributed by atoms with van der Waals surface area (Å²) in [5.41, 5.74) is 0.558. The van der Waals surface area contributed by atoms with Crippen molar-refractivity contribution in [1.82, 2.24) is 5.32 Å². The molecule has 2 unspecified atom stereocenters. The predicted octanol–water partition coefficient (Wildman–Crippen LogP) is 1.96. The van der Waals surface area contributed by atoms with Gasteiger partial charge in [0.2, 0.25) is 11.8 Å². The van der Waals surface area contributed by atoms with Crippen molar-refractivity contribution in [3.8, 4) is 5.75 Å². The van der Waals surface area contributed by atoms with Crippen LogP contribution in [0.2, 0.25) is 0 Å². The summed E-state index contributed by atoms with van der Waals surface area (Å²) in [5, 5.41) is 5.62. The molecule has 0 bridgehead atoms. The first kappa shape index (κ1) is 22.2. The third-order valence-corrected chi connectivity index (χ3v) is 4.15. The van der Waals surface area contributed by atoms with Crippen LogP contribution in [0.15, 0.2) is 24.3 Å². The van der Waals surface area contributed by atoms with E-state index in [0.29, 0.717) is 17.4 Å². The number of ether oxygens (including phenoxy) is 1. The van der Waals surface area contributed by atoms with Crippen LogP contribution in [0.3, 0.4) is 0 Å². The SMILES string of the molecule is CC(=O)Nc1ccc(OC(=O)C(CS)C(=O)C(CCBr)NC(C)=O)cc1. The van der Waals surface area contributed by atoms with E-state index in [1.807, 2.05) is 0 Å². The number of rotatable bonds is 9. The fourth-order valence-electron chi connectivity index (χ4n) is 2.16. The number of hydrogen-bond acceptors (Lipinski definition) is 6. The summed E-state index contributed by atoms with van der Waals surface area (Å²) in [4.78, 5) is 47.2. The zero-order chi connectivity index (χ0) is 19.7. The van der Waals surface area contributed by atoms with E-state index >= 15 is 0 Å². The molecule has 1 aromatic carbocycles. The number of esters is 1. The number of halogens is 1. The molecule has 1 rings (SSSR count). The van der Waals surface area contributed by atoms with E-state index in [0.717, 1.165) is 0 Å². The monoisotopic (exact) mass is 444 g/mol. The average molecular weight is 445 g/mol. The van der Waals surface area contributed by atoms with Gasteiger partial charge >= 0.3 is 5.97 Å². The van der Waals surface area contributed by atoms with E-state index in [1.54, 1.807) is 12.1 Å². The fraction of sp³-hybridized carbons (Fsp3) is 0.412. The van der Waals surface area contributed by atoms with Crippen LogP contribution in [0, 0.1) is 5.92 Å². The minimum atomic E-state index is -1.11. The Morgan fingerprint density at radius 1 is 1.12 bits per heavy atom. The van der Waals surface area contributed by atoms with Gasteiger partial charge in [-0.3, -0.25) is 19.2 Å². The average Bonchev–Trinajstić information content (AvgIpc) is 2.56. The number of benzene rings is 1. The molecule has 142 valence electrons. The maximum Gasteiger partial charge on any atom is 0.322 e. The van der Waals surface area contributed by atoms with Crippen LogP contribution < -0.4 is 15.4 Å². The molecule has 26 heavy (non-hydrogen) atoms. The van der Waals surface area contributed by atoms with Crippen molar-refractivity contribution in [2.45, 2.75) is 26.3 Å². The second-order valence-corrected chi connectivity index (χ2v) is 6.65. The molecule has 0 radical (unpaired) electrons. The van der Waals surface area contributed by atoms with Gasteiger partial charge in [-0.25, -0.2) is 0 Å². The van der Waals surface area contributed by atoms with Crippen molar-refractivity contribution in [2.75, 3.05) is 16.4 Å². The second-order valence-electron chi connectivity index (χ2n) is 5.49. The first-order chi connectivity index (χ1) is 12.3. The molecule has 0 saturated carbocycles. The van der Waals surface area contributed by atoms with E-state index < -0.39 is 23.7 Å². The van der Waals surface area contributed by atoms with Crippen molar-refractivity contribution < 1.29 is 23.9 Å². The van der Waals surface area contributed by atoms with E-state index in [9.17, 15) is 19.2 Å². The molecule has 1 aromatic rings. The Kier molecular flexibility index (Phi) is 9.36. The number of nitrogens with one attached hydrogen (secondary N) is 2. The molecular weight excluding hydrogens is 424 g/mol. The summed E-state index contributed by atoms with van der Waals surface area (Å²) >= 11 is 7.30. The lowest BCUT2D eigenvalue weighted by Crippen LogP contribution is -2.46. The standard InChI is InChI=1S/C17H21BrN2O5S/c1-10(21)19-12-3-5-13(6-4-12)25-17(24)14(9-26)16(23)15(7-8-18)20-11(2)22/h3-6,14-15,26H,7-9H2,1-2H3,(H,19,21)(H,20,22). The Labute approximate surface area is 165 Å². The number of carbonyl (C=O) groups is 4. The maximum atomic E-state index is 12.6. The van der Waals surface area contributed by atoms with Crippen molar-refractivity contribution in [2.24, 2.45) is 5.92 Å². The van der Waals surface area contributed by atoms with Crippen LogP contribution in [0.1, 0.15) is 20.3 Å². The van der Waals surface area contributed by atoms with Gasteiger partial charge in [-0.15, -0.1) is 0 Å². The van der Waals surface area contributed by atoms with Gasteiger partial charge in [-0.05, 0) is 30.7 Å². The number of carbonyl (C=O) groups excluding carboxylic acids is 4. The number of thiol groups is 1. The largest absolute Gasteiger partial charge is 0.426 e. The number of hydrogen-bond donors (Lipinski definition) is 3. The van der Waals surface area contributed by atoms with Gasteiger partial charge in [-0.2, -0.15) is 12.6 Å². The third-order valence-electron chi connectivity index (χ3n) is 3.32. The maximum absolute atomic E-state index is 12.6. The molecule has 9 heteroatoms. The van der Waals surface area contributed by atoms with Crippen molar-refractivity contribution in [3.63, 3.8) is 0 Å². The minimum absolute atomic E-state index is 0.0417. The van der Waals surface area contributed by atoms with E-state index in [2.05, 4.69) is 39.2 Å². The van der Waals surface area contributed by atoms with Gasteiger partial charge in [0, 0.05) is 30.6 Å². The molecule has 2 N–H and O–H groups in total. The molecule has 0 saturated heterocycles. The van der Waals surface area contributed by atoms with E-state index in [1.165, 1.54) is 26.0 Å². The Hall–Kier alpha value is -1.87. The number of Topliss-reactive ketones (excluding diaryl/α,β-unsaturated/α-hetero) is 1. The Balaban J connectivity index is 2.82. The van der Waals surface area contributed by atoms with Gasteiger partial charge in [0.05, 0.1) is 6.04 Å². The van der Waals surface area contributed by atoms with Gasteiger partial charge in [0.25, 0.3) is 0 Å². The highest BCUT2D eigenvalue weighted by Crippen LogP contribution is 2.18. The summed E-state index contributed by atoms with van der Waals surface area (Å²) in [7, 11) is 0.